The van der Waals surface area contributed by atoms with Gasteiger partial charge in [-0.05, 0) is 44.2 Å². The molecule has 2 aromatic heterocycles. The van der Waals surface area contributed by atoms with E-state index in [2.05, 4.69) is 29.7 Å². The van der Waals surface area contributed by atoms with Crippen LogP contribution in [0.3, 0.4) is 0 Å². The van der Waals surface area contributed by atoms with E-state index in [4.69, 9.17) is 14.2 Å². The van der Waals surface area contributed by atoms with E-state index in [9.17, 15) is 14.0 Å². The Morgan fingerprint density at radius 1 is 1.22 bits per heavy atom. The quantitative estimate of drug-likeness (QED) is 0.269. The third kappa shape index (κ3) is 5.87. The number of amides is 1. The monoisotopic (exact) mass is 532 g/mol. The lowest BCUT2D eigenvalue weighted by atomic mass is 9.67. The van der Waals surface area contributed by atoms with Crippen LogP contribution in [0.4, 0.5) is 4.39 Å². The summed E-state index contributed by atoms with van der Waals surface area (Å²) in [6, 6.07) is 4.08. The predicted molar refractivity (Wildman–Crippen MR) is 138 cm³/mol. The first kappa shape index (κ1) is 27.2. The van der Waals surface area contributed by atoms with Gasteiger partial charge in [0.15, 0.2) is 11.5 Å². The van der Waals surface area contributed by atoms with E-state index in [1.807, 2.05) is 4.90 Å². The van der Waals surface area contributed by atoms with E-state index in [0.717, 1.165) is 31.5 Å². The van der Waals surface area contributed by atoms with Gasteiger partial charge in [-0.3, -0.25) is 9.59 Å². The van der Waals surface area contributed by atoms with Crippen LogP contribution < -0.4 is 4.74 Å². The Hall–Kier alpha value is -2.79. The van der Waals surface area contributed by atoms with Gasteiger partial charge < -0.3 is 19.1 Å². The summed E-state index contributed by atoms with van der Waals surface area (Å²) in [5.74, 6) is -0.929. The molecule has 1 atom stereocenters. The normalized spacial score (nSPS) is 19.0. The van der Waals surface area contributed by atoms with Crippen LogP contribution >= 0.6 is 0 Å². The van der Waals surface area contributed by atoms with Crippen molar-refractivity contribution >= 4 is 20.0 Å². The zero-order valence-electron chi connectivity index (χ0n) is 22.4. The second-order valence-corrected chi connectivity index (χ2v) is 16.8. The van der Waals surface area contributed by atoms with Crippen molar-refractivity contribution in [3.05, 3.63) is 29.8 Å². The predicted octanol–water partition coefficient (Wildman–Crippen LogP) is 4.35. The van der Waals surface area contributed by atoms with Crippen LogP contribution in [0.5, 0.6) is 5.88 Å². The number of pyridine rings is 1. The first-order chi connectivity index (χ1) is 17.6. The Morgan fingerprint density at radius 3 is 2.59 bits per heavy atom. The lowest BCUT2D eigenvalue weighted by Gasteiger charge is -2.54. The average Bonchev–Trinajstić information content (AvgIpc) is 3.28. The summed E-state index contributed by atoms with van der Waals surface area (Å²) in [4.78, 5) is 31.8. The molecule has 0 N–H and O–H groups in total. The summed E-state index contributed by atoms with van der Waals surface area (Å²) in [6.07, 6.45) is 4.93. The highest BCUT2D eigenvalue weighted by Crippen LogP contribution is 2.47. The summed E-state index contributed by atoms with van der Waals surface area (Å²) in [7, 11) is 1.57. The molecule has 37 heavy (non-hydrogen) atoms. The summed E-state index contributed by atoms with van der Waals surface area (Å²) in [5.41, 5.74) is 0.510. The number of hydrogen-bond donors (Lipinski definition) is 0. The van der Waals surface area contributed by atoms with Gasteiger partial charge in [-0.2, -0.15) is 5.10 Å². The molecule has 3 heterocycles. The van der Waals surface area contributed by atoms with Crippen molar-refractivity contribution in [1.82, 2.24) is 19.7 Å². The van der Waals surface area contributed by atoms with E-state index in [0.29, 0.717) is 31.7 Å². The molecule has 11 heteroatoms. The highest BCUT2D eigenvalue weighted by atomic mass is 28.3. The van der Waals surface area contributed by atoms with Gasteiger partial charge in [-0.25, -0.2) is 14.1 Å². The van der Waals surface area contributed by atoms with E-state index < -0.39 is 13.9 Å². The van der Waals surface area contributed by atoms with Gasteiger partial charge >= 0.3 is 5.97 Å². The van der Waals surface area contributed by atoms with Gasteiger partial charge in [-0.15, -0.1) is 0 Å². The number of halogens is 1. The maximum absolute atomic E-state index is 14.9. The van der Waals surface area contributed by atoms with Crippen LogP contribution in [0, 0.1) is 11.7 Å². The van der Waals surface area contributed by atoms with E-state index in [-0.39, 0.29) is 47.2 Å². The molecule has 0 aromatic carbocycles. The summed E-state index contributed by atoms with van der Waals surface area (Å²) >= 11 is 0. The first-order valence-electron chi connectivity index (χ1n) is 12.8. The number of rotatable bonds is 9. The molecule has 1 spiro atoms. The second kappa shape index (κ2) is 10.9. The van der Waals surface area contributed by atoms with Crippen LogP contribution in [0.1, 0.15) is 42.6 Å². The molecule has 4 rings (SSSR count). The minimum Gasteiger partial charge on any atom is -0.481 e. The first-order valence-corrected chi connectivity index (χ1v) is 16.5. The van der Waals surface area contributed by atoms with Gasteiger partial charge in [0.25, 0.3) is 5.91 Å². The lowest BCUT2D eigenvalue weighted by Crippen LogP contribution is -2.61. The standard InChI is InChI=1S/C26H37FN4O5Si/c1-34-23-13-19(20(27)16-28-23)22-14-21(29-31(22)17-36-11-12-37(3,4)5)24(32)30-10-7-18(25(33)35-2)15-26(30)8-6-9-26/h13-14,16,18H,6-12,15,17H2,1-5H3. The number of nitrogens with zero attached hydrogens (tertiary/aromatic N) is 4. The number of carbonyl (C=O) groups excluding carboxylic acids is 2. The van der Waals surface area contributed by atoms with Crippen molar-refractivity contribution in [2.75, 3.05) is 27.4 Å². The number of hydrogen-bond acceptors (Lipinski definition) is 7. The molecule has 2 aromatic rings. The van der Waals surface area contributed by atoms with Gasteiger partial charge in [0, 0.05) is 38.4 Å². The van der Waals surface area contributed by atoms with E-state index in [1.54, 1.807) is 6.07 Å². The Labute approximate surface area is 218 Å². The molecule has 202 valence electrons. The van der Waals surface area contributed by atoms with Crippen molar-refractivity contribution in [3.63, 3.8) is 0 Å². The molecule has 2 fully saturated rings. The van der Waals surface area contributed by atoms with Crippen LogP contribution in [0.25, 0.3) is 11.3 Å². The number of piperidine rings is 1. The topological polar surface area (TPSA) is 95.8 Å². The molecule has 1 saturated heterocycles. The van der Waals surface area contributed by atoms with Gasteiger partial charge in [0.1, 0.15) is 6.73 Å². The highest BCUT2D eigenvalue weighted by molar-refractivity contribution is 6.76. The molecular formula is C26H37FN4O5Si. The Balaban J connectivity index is 1.63. The third-order valence-electron chi connectivity index (χ3n) is 7.49. The van der Waals surface area contributed by atoms with E-state index >= 15 is 0 Å². The maximum atomic E-state index is 14.9. The summed E-state index contributed by atoms with van der Waals surface area (Å²) in [5, 5.41) is 4.58. The largest absolute Gasteiger partial charge is 0.481 e. The number of aromatic nitrogens is 3. The van der Waals surface area contributed by atoms with Crippen LogP contribution in [-0.2, 0) is 21.0 Å². The number of likely N-dealkylation sites (tertiary alicyclic amines) is 1. The zero-order chi connectivity index (χ0) is 26.8. The van der Waals surface area contributed by atoms with Crippen LogP contribution in [0.2, 0.25) is 25.7 Å². The van der Waals surface area contributed by atoms with Gasteiger partial charge in [0.2, 0.25) is 5.88 Å². The van der Waals surface area contributed by atoms with E-state index in [1.165, 1.54) is 25.0 Å². The molecule has 9 nitrogen and oxygen atoms in total. The molecule has 1 unspecified atom stereocenters. The molecular weight excluding hydrogens is 495 g/mol. The van der Waals surface area contributed by atoms with Crippen molar-refractivity contribution in [2.24, 2.45) is 5.92 Å². The number of esters is 1. The van der Waals surface area contributed by atoms with Crippen molar-refractivity contribution in [2.45, 2.75) is 70.1 Å². The fourth-order valence-electron chi connectivity index (χ4n) is 5.17. The maximum Gasteiger partial charge on any atom is 0.308 e. The number of carbonyl (C=O) groups is 2. The number of methoxy groups -OCH3 is 2. The smallest absolute Gasteiger partial charge is 0.308 e. The van der Waals surface area contributed by atoms with Gasteiger partial charge in [0.05, 0.1) is 32.0 Å². The fourth-order valence-corrected chi connectivity index (χ4v) is 5.93. The van der Waals surface area contributed by atoms with Gasteiger partial charge in [-0.1, -0.05) is 19.6 Å². The molecule has 1 saturated carbocycles. The second-order valence-electron chi connectivity index (χ2n) is 11.2. The minimum atomic E-state index is -1.29. The summed E-state index contributed by atoms with van der Waals surface area (Å²) in [6.45, 7) is 7.91. The highest BCUT2D eigenvalue weighted by Gasteiger charge is 2.50. The third-order valence-corrected chi connectivity index (χ3v) is 9.19. The molecule has 1 aliphatic heterocycles. The fraction of sp³-hybridized carbons (Fsp3) is 0.615. The molecule has 0 bridgehead atoms. The molecule has 0 radical (unpaired) electrons. The molecule has 1 amide bonds. The molecule has 2 aliphatic rings. The lowest BCUT2D eigenvalue weighted by molar-refractivity contribution is -0.150. The van der Waals surface area contributed by atoms with Crippen LogP contribution in [-0.4, -0.2) is 72.5 Å². The minimum absolute atomic E-state index is 0.0900. The SMILES string of the molecule is COC(=O)C1CCN(C(=O)c2cc(-c3cc(OC)ncc3F)n(COCC[Si](C)(C)C)n2)C2(CCC2)C1. The molecule has 1 aliphatic carbocycles. The Morgan fingerprint density at radius 2 is 1.97 bits per heavy atom. The summed E-state index contributed by atoms with van der Waals surface area (Å²) < 4.78 is 32.5. The van der Waals surface area contributed by atoms with Crippen molar-refractivity contribution in [1.29, 1.82) is 0 Å². The zero-order valence-corrected chi connectivity index (χ0v) is 23.4. The Bertz CT molecular complexity index is 1140. The van der Waals surface area contributed by atoms with Crippen LogP contribution in [0.15, 0.2) is 18.3 Å². The van der Waals surface area contributed by atoms with Crippen molar-refractivity contribution < 1.29 is 28.2 Å². The Kier molecular flexibility index (Phi) is 8.03. The van der Waals surface area contributed by atoms with Crippen molar-refractivity contribution in [3.8, 4) is 17.1 Å². The number of ether oxygens (including phenoxy) is 3. The average molecular weight is 533 g/mol.